The van der Waals surface area contributed by atoms with Crippen LogP contribution in [0.3, 0.4) is 0 Å². The Morgan fingerprint density at radius 2 is 1.64 bits per heavy atom. The first-order valence-electron chi connectivity index (χ1n) is 16.1. The Balaban J connectivity index is 1.49. The zero-order valence-corrected chi connectivity index (χ0v) is 29.3. The van der Waals surface area contributed by atoms with E-state index in [9.17, 15) is 19.5 Å². The monoisotopic (exact) mass is 690 g/mol. The first-order chi connectivity index (χ1) is 21.0. The van der Waals surface area contributed by atoms with Gasteiger partial charge in [-0.2, -0.15) is 0 Å². The molecule has 1 aliphatic rings. The molecule has 2 aromatic rings. The van der Waals surface area contributed by atoms with E-state index in [2.05, 4.69) is 31.5 Å². The highest BCUT2D eigenvalue weighted by Crippen LogP contribution is 2.28. The second-order valence-electron chi connectivity index (χ2n) is 13.1. The number of rotatable bonds is 17. The van der Waals surface area contributed by atoms with Crippen LogP contribution in [0.5, 0.6) is 0 Å². The number of amides is 3. The average molecular weight is 692 g/mol. The molecule has 3 amide bonds. The molecule has 2 heterocycles. The second-order valence-corrected chi connectivity index (χ2v) is 14.7. The van der Waals surface area contributed by atoms with E-state index in [-0.39, 0.29) is 30.7 Å². The SMILES string of the molecule is Cc1ncsc1-c1ccc(CNC(=O)[C@@H]2C[C@@H](O)CN2C(=O)[C@@H](NC(=O)CCCCCCCCCCCBr)C(C)(C)C)cc1. The van der Waals surface area contributed by atoms with Crippen molar-refractivity contribution in [2.75, 3.05) is 11.9 Å². The Kier molecular flexibility index (Phi) is 14.8. The van der Waals surface area contributed by atoms with Crippen LogP contribution < -0.4 is 10.6 Å². The molecule has 1 aliphatic heterocycles. The molecule has 0 radical (unpaired) electrons. The number of unbranched alkanes of at least 4 members (excludes halogenated alkanes) is 8. The Hall–Kier alpha value is -2.30. The Bertz CT molecular complexity index is 1200. The number of likely N-dealkylation sites (tertiary alicyclic amines) is 1. The zero-order valence-electron chi connectivity index (χ0n) is 26.9. The van der Waals surface area contributed by atoms with Crippen LogP contribution in [0.4, 0.5) is 0 Å². The van der Waals surface area contributed by atoms with Gasteiger partial charge in [0.15, 0.2) is 0 Å². The minimum atomic E-state index is -0.794. The van der Waals surface area contributed by atoms with Crippen molar-refractivity contribution in [3.63, 3.8) is 0 Å². The predicted octanol–water partition coefficient (Wildman–Crippen LogP) is 6.52. The maximum atomic E-state index is 13.8. The molecule has 1 aromatic heterocycles. The third kappa shape index (κ3) is 11.2. The number of alkyl halides is 1. The van der Waals surface area contributed by atoms with Gasteiger partial charge in [0, 0.05) is 31.3 Å². The third-order valence-electron chi connectivity index (χ3n) is 8.25. The number of thiazole rings is 1. The number of aryl methyl sites for hydroxylation is 1. The summed E-state index contributed by atoms with van der Waals surface area (Å²) < 4.78 is 0. The van der Waals surface area contributed by atoms with Crippen LogP contribution in [-0.4, -0.2) is 62.8 Å². The molecule has 0 saturated carbocycles. The number of carbonyl (C=O) groups is 3. The Morgan fingerprint density at radius 1 is 1.02 bits per heavy atom. The Morgan fingerprint density at radius 3 is 2.20 bits per heavy atom. The summed E-state index contributed by atoms with van der Waals surface area (Å²) in [5.41, 5.74) is 4.27. The lowest BCUT2D eigenvalue weighted by molar-refractivity contribution is -0.144. The van der Waals surface area contributed by atoms with E-state index in [4.69, 9.17) is 0 Å². The van der Waals surface area contributed by atoms with Crippen molar-refractivity contribution in [3.8, 4) is 10.4 Å². The maximum Gasteiger partial charge on any atom is 0.246 e. The lowest BCUT2D eigenvalue weighted by atomic mass is 9.85. The number of hydrogen-bond acceptors (Lipinski definition) is 6. The highest BCUT2D eigenvalue weighted by molar-refractivity contribution is 9.09. The molecule has 10 heteroatoms. The number of halogens is 1. The number of aliphatic hydroxyl groups excluding tert-OH is 1. The van der Waals surface area contributed by atoms with Crippen molar-refractivity contribution in [2.24, 2.45) is 5.41 Å². The fourth-order valence-electron chi connectivity index (χ4n) is 5.63. The zero-order chi connectivity index (χ0) is 32.1. The van der Waals surface area contributed by atoms with Gasteiger partial charge in [-0.1, -0.05) is 106 Å². The predicted molar refractivity (Wildman–Crippen MR) is 182 cm³/mol. The maximum absolute atomic E-state index is 13.8. The summed E-state index contributed by atoms with van der Waals surface area (Å²) in [4.78, 5) is 46.8. The normalized spacial score (nSPS) is 17.5. The van der Waals surface area contributed by atoms with Crippen molar-refractivity contribution in [1.29, 1.82) is 0 Å². The van der Waals surface area contributed by atoms with Gasteiger partial charge >= 0.3 is 0 Å². The standard InChI is InChI=1S/C34H51BrN4O4S/c1-24-30(44-23-37-24)26-17-15-25(16-18-26)21-36-32(42)28-20-27(40)22-39(28)33(43)31(34(2,3)4)38-29(41)14-12-10-8-6-5-7-9-11-13-19-35/h15-18,23,27-28,31,40H,5-14,19-22H2,1-4H3,(H,36,42)(H,38,41)/t27-,28+,31-/m1/s1. The fraction of sp³-hybridized carbons (Fsp3) is 0.647. The number of carbonyl (C=O) groups excluding carboxylic acids is 3. The quantitative estimate of drug-likeness (QED) is 0.129. The van der Waals surface area contributed by atoms with Crippen LogP contribution in [0.2, 0.25) is 0 Å². The molecule has 1 fully saturated rings. The highest BCUT2D eigenvalue weighted by Gasteiger charge is 2.44. The summed E-state index contributed by atoms with van der Waals surface area (Å²) >= 11 is 5.07. The number of aliphatic hydroxyl groups is 1. The molecule has 0 spiro atoms. The van der Waals surface area contributed by atoms with Gasteiger partial charge in [-0.3, -0.25) is 14.4 Å². The molecular formula is C34H51BrN4O4S. The molecule has 0 unspecified atom stereocenters. The number of nitrogens with zero attached hydrogens (tertiary/aromatic N) is 2. The van der Waals surface area contributed by atoms with Gasteiger partial charge in [0.05, 0.1) is 22.2 Å². The van der Waals surface area contributed by atoms with Crippen molar-refractivity contribution >= 4 is 45.0 Å². The molecule has 3 rings (SSSR count). The van der Waals surface area contributed by atoms with Crippen molar-refractivity contribution < 1.29 is 19.5 Å². The summed E-state index contributed by atoms with van der Waals surface area (Å²) in [6, 6.07) is 6.39. The van der Waals surface area contributed by atoms with E-state index in [1.165, 1.54) is 43.4 Å². The molecule has 0 aliphatic carbocycles. The number of nitrogens with one attached hydrogen (secondary N) is 2. The van der Waals surface area contributed by atoms with E-state index in [1.54, 1.807) is 11.3 Å². The van der Waals surface area contributed by atoms with Crippen LogP contribution >= 0.6 is 27.3 Å². The number of aromatic nitrogens is 1. The first kappa shape index (κ1) is 36.2. The van der Waals surface area contributed by atoms with E-state index in [0.717, 1.165) is 46.3 Å². The minimum Gasteiger partial charge on any atom is -0.391 e. The summed E-state index contributed by atoms with van der Waals surface area (Å²) in [6.45, 7) is 8.09. The van der Waals surface area contributed by atoms with Gasteiger partial charge in [0.25, 0.3) is 0 Å². The lowest BCUT2D eigenvalue weighted by Gasteiger charge is -2.35. The molecule has 1 saturated heterocycles. The van der Waals surface area contributed by atoms with Crippen LogP contribution in [0, 0.1) is 12.3 Å². The van der Waals surface area contributed by atoms with Crippen LogP contribution in [-0.2, 0) is 20.9 Å². The summed E-state index contributed by atoms with van der Waals surface area (Å²) in [6.07, 6.45) is 10.2. The molecule has 3 atom stereocenters. The molecular weight excluding hydrogens is 640 g/mol. The summed E-state index contributed by atoms with van der Waals surface area (Å²) in [5, 5.41) is 17.5. The van der Waals surface area contributed by atoms with E-state index >= 15 is 0 Å². The third-order valence-corrected chi connectivity index (χ3v) is 9.79. The van der Waals surface area contributed by atoms with Gasteiger partial charge in [0.2, 0.25) is 17.7 Å². The fourth-order valence-corrected chi connectivity index (χ4v) is 6.84. The summed E-state index contributed by atoms with van der Waals surface area (Å²) in [5.74, 6) is -0.781. The van der Waals surface area contributed by atoms with Crippen LogP contribution in [0.25, 0.3) is 10.4 Å². The van der Waals surface area contributed by atoms with Gasteiger partial charge < -0.3 is 20.6 Å². The topological polar surface area (TPSA) is 112 Å². The van der Waals surface area contributed by atoms with Crippen molar-refractivity contribution in [2.45, 2.75) is 123 Å². The van der Waals surface area contributed by atoms with Gasteiger partial charge in [0.1, 0.15) is 12.1 Å². The van der Waals surface area contributed by atoms with Crippen molar-refractivity contribution in [3.05, 3.63) is 41.0 Å². The smallest absolute Gasteiger partial charge is 0.246 e. The van der Waals surface area contributed by atoms with Crippen molar-refractivity contribution in [1.82, 2.24) is 20.5 Å². The van der Waals surface area contributed by atoms with Gasteiger partial charge in [-0.05, 0) is 36.3 Å². The van der Waals surface area contributed by atoms with E-state index < -0.39 is 23.6 Å². The largest absolute Gasteiger partial charge is 0.391 e. The number of β-amino-alcohol motifs (C(OH)–C–C–N with tert-alkyl or cyclic N) is 1. The average Bonchev–Trinajstić information content (AvgIpc) is 3.60. The molecule has 244 valence electrons. The minimum absolute atomic E-state index is 0.0678. The van der Waals surface area contributed by atoms with E-state index in [0.29, 0.717) is 13.0 Å². The highest BCUT2D eigenvalue weighted by atomic mass is 79.9. The Labute approximate surface area is 275 Å². The molecule has 3 N–H and O–H groups in total. The lowest BCUT2D eigenvalue weighted by Crippen LogP contribution is -2.57. The van der Waals surface area contributed by atoms with Gasteiger partial charge in [-0.15, -0.1) is 11.3 Å². The first-order valence-corrected chi connectivity index (χ1v) is 18.1. The second kappa shape index (κ2) is 18.0. The number of hydrogen-bond donors (Lipinski definition) is 3. The molecule has 0 bridgehead atoms. The van der Waals surface area contributed by atoms with Crippen LogP contribution in [0.1, 0.15) is 103 Å². The van der Waals surface area contributed by atoms with E-state index in [1.807, 2.05) is 57.5 Å². The van der Waals surface area contributed by atoms with Crippen LogP contribution in [0.15, 0.2) is 29.8 Å². The molecule has 1 aromatic carbocycles. The van der Waals surface area contributed by atoms with Gasteiger partial charge in [-0.25, -0.2) is 4.98 Å². The summed E-state index contributed by atoms with van der Waals surface area (Å²) in [7, 11) is 0. The molecule has 8 nitrogen and oxygen atoms in total. The number of benzene rings is 1. The molecule has 44 heavy (non-hydrogen) atoms.